The van der Waals surface area contributed by atoms with Crippen LogP contribution in [-0.2, 0) is 6.61 Å². The van der Waals surface area contributed by atoms with E-state index in [1.807, 2.05) is 26.0 Å². The maximum absolute atomic E-state index is 12.3. The first kappa shape index (κ1) is 16.8. The number of ketones is 1. The van der Waals surface area contributed by atoms with E-state index in [4.69, 9.17) is 16.3 Å². The van der Waals surface area contributed by atoms with E-state index in [-0.39, 0.29) is 23.9 Å². The molecule has 1 aromatic carbocycles. The van der Waals surface area contributed by atoms with Gasteiger partial charge in [-0.25, -0.2) is 4.98 Å². The van der Waals surface area contributed by atoms with E-state index < -0.39 is 0 Å². The van der Waals surface area contributed by atoms with Crippen LogP contribution in [0.2, 0.25) is 5.02 Å². The van der Waals surface area contributed by atoms with Crippen LogP contribution in [0.15, 0.2) is 41.3 Å². The Morgan fingerprint density at radius 1 is 1.27 bits per heavy atom. The normalized spacial score (nSPS) is 16.1. The maximum Gasteiger partial charge on any atom is 0.258 e. The number of carbonyl (C=O) groups excluding carboxylic acids is 1. The molecule has 2 heterocycles. The number of hydrogen-bond acceptors (Lipinski definition) is 4. The van der Waals surface area contributed by atoms with Gasteiger partial charge in [-0.3, -0.25) is 14.0 Å². The molecule has 4 rings (SSSR count). The van der Waals surface area contributed by atoms with Gasteiger partial charge in [0.15, 0.2) is 5.78 Å². The fraction of sp³-hybridized carbons (Fsp3) is 0.250. The third-order valence-corrected chi connectivity index (χ3v) is 5.00. The maximum atomic E-state index is 12.3. The second-order valence-corrected chi connectivity index (χ2v) is 7.08. The van der Waals surface area contributed by atoms with Gasteiger partial charge in [-0.05, 0) is 48.2 Å². The zero-order valence-corrected chi connectivity index (χ0v) is 15.2. The van der Waals surface area contributed by atoms with Crippen LogP contribution in [-0.4, -0.2) is 15.2 Å². The molecule has 1 aliphatic carbocycles. The molecule has 132 valence electrons. The molecule has 0 saturated heterocycles. The Bertz CT molecular complexity index is 1100. The van der Waals surface area contributed by atoms with Crippen molar-refractivity contribution < 1.29 is 9.53 Å². The first-order valence-electron chi connectivity index (χ1n) is 8.41. The van der Waals surface area contributed by atoms with E-state index in [0.29, 0.717) is 34.1 Å². The quantitative estimate of drug-likeness (QED) is 0.702. The van der Waals surface area contributed by atoms with Gasteiger partial charge in [-0.15, -0.1) is 0 Å². The summed E-state index contributed by atoms with van der Waals surface area (Å²) in [6.07, 6.45) is 2.14. The molecule has 2 aromatic heterocycles. The van der Waals surface area contributed by atoms with Crippen LogP contribution in [0.5, 0.6) is 5.75 Å². The van der Waals surface area contributed by atoms with Crippen LogP contribution in [0.1, 0.15) is 46.4 Å². The summed E-state index contributed by atoms with van der Waals surface area (Å²) in [7, 11) is 0. The number of halogens is 1. The van der Waals surface area contributed by atoms with Gasteiger partial charge in [0, 0.05) is 23.7 Å². The van der Waals surface area contributed by atoms with Crippen molar-refractivity contribution in [3.8, 4) is 5.75 Å². The number of Topliss-reactive ketones (excluding diaryl/α,β-unsaturated/α-hetero) is 1. The lowest BCUT2D eigenvalue weighted by molar-refractivity contribution is 0.0986. The standard InChI is InChI=1S/C20H17ClN2O3/c1-11-5-6-23-17(7-11)22-13(9-18(23)25)10-26-16-4-3-14(21)19-12(2)8-15(24)20(16)19/h3-7,9,12H,8,10H2,1-2H3/t12-/m0/s1. The smallest absolute Gasteiger partial charge is 0.258 e. The second kappa shape index (κ2) is 6.25. The Morgan fingerprint density at radius 3 is 2.88 bits per heavy atom. The number of aryl methyl sites for hydroxylation is 1. The van der Waals surface area contributed by atoms with Crippen LogP contribution in [0.4, 0.5) is 0 Å². The third kappa shape index (κ3) is 2.78. The summed E-state index contributed by atoms with van der Waals surface area (Å²) in [6, 6.07) is 8.60. The molecule has 0 aliphatic heterocycles. The van der Waals surface area contributed by atoms with Gasteiger partial charge in [-0.1, -0.05) is 18.5 Å². The highest BCUT2D eigenvalue weighted by atomic mass is 35.5. The van der Waals surface area contributed by atoms with E-state index >= 15 is 0 Å². The van der Waals surface area contributed by atoms with Crippen molar-refractivity contribution in [3.63, 3.8) is 0 Å². The molecule has 0 radical (unpaired) electrons. The molecule has 0 saturated carbocycles. The number of ether oxygens (including phenoxy) is 1. The van der Waals surface area contributed by atoms with E-state index in [2.05, 4.69) is 4.98 Å². The third-order valence-electron chi connectivity index (χ3n) is 4.67. The predicted octanol–water partition coefficient (Wildman–Crippen LogP) is 3.93. The number of carbonyl (C=O) groups is 1. The number of nitrogens with zero attached hydrogens (tertiary/aromatic N) is 2. The molecule has 0 bridgehead atoms. The van der Waals surface area contributed by atoms with E-state index in [1.54, 1.807) is 18.3 Å². The molecule has 6 heteroatoms. The summed E-state index contributed by atoms with van der Waals surface area (Å²) in [5.74, 6) is 0.608. The Balaban J connectivity index is 1.68. The minimum atomic E-state index is -0.167. The van der Waals surface area contributed by atoms with Crippen molar-refractivity contribution in [2.75, 3.05) is 0 Å². The van der Waals surface area contributed by atoms with Gasteiger partial charge in [0.1, 0.15) is 18.0 Å². The molecule has 1 aliphatic rings. The van der Waals surface area contributed by atoms with Gasteiger partial charge in [0.2, 0.25) is 0 Å². The Kier molecular flexibility index (Phi) is 4.04. The van der Waals surface area contributed by atoms with Gasteiger partial charge in [0.25, 0.3) is 5.56 Å². The van der Waals surface area contributed by atoms with Crippen molar-refractivity contribution in [1.29, 1.82) is 0 Å². The summed E-state index contributed by atoms with van der Waals surface area (Å²) >= 11 is 6.26. The fourth-order valence-corrected chi connectivity index (χ4v) is 3.77. The minimum absolute atomic E-state index is 0.0344. The number of hydrogen-bond donors (Lipinski definition) is 0. The number of aromatic nitrogens is 2. The highest BCUT2D eigenvalue weighted by Gasteiger charge is 2.31. The molecule has 5 nitrogen and oxygen atoms in total. The lowest BCUT2D eigenvalue weighted by Gasteiger charge is -2.12. The highest BCUT2D eigenvalue weighted by molar-refractivity contribution is 6.32. The Hall–Kier alpha value is -2.66. The molecule has 0 N–H and O–H groups in total. The summed E-state index contributed by atoms with van der Waals surface area (Å²) in [5, 5.41) is 0.586. The van der Waals surface area contributed by atoms with E-state index in [1.165, 1.54) is 10.5 Å². The topological polar surface area (TPSA) is 60.7 Å². The van der Waals surface area contributed by atoms with Crippen molar-refractivity contribution in [3.05, 3.63) is 74.3 Å². The Morgan fingerprint density at radius 2 is 2.08 bits per heavy atom. The lowest BCUT2D eigenvalue weighted by Crippen LogP contribution is -2.16. The second-order valence-electron chi connectivity index (χ2n) is 6.67. The average Bonchev–Trinajstić information content (AvgIpc) is 2.89. The minimum Gasteiger partial charge on any atom is -0.487 e. The summed E-state index contributed by atoms with van der Waals surface area (Å²) in [4.78, 5) is 29.0. The fourth-order valence-electron chi connectivity index (χ4n) is 3.43. The molecule has 0 spiro atoms. The number of benzene rings is 1. The van der Waals surface area contributed by atoms with Crippen LogP contribution in [0.25, 0.3) is 5.65 Å². The summed E-state index contributed by atoms with van der Waals surface area (Å²) in [5.41, 5.74) is 3.34. The van der Waals surface area contributed by atoms with Gasteiger partial charge in [0.05, 0.1) is 11.3 Å². The number of fused-ring (bicyclic) bond motifs is 2. The Labute approximate surface area is 155 Å². The van der Waals surface area contributed by atoms with Gasteiger partial charge < -0.3 is 4.74 Å². The molecular weight excluding hydrogens is 352 g/mol. The van der Waals surface area contributed by atoms with Crippen molar-refractivity contribution in [2.45, 2.75) is 32.8 Å². The van der Waals surface area contributed by atoms with Gasteiger partial charge >= 0.3 is 0 Å². The number of rotatable bonds is 3. The predicted molar refractivity (Wildman–Crippen MR) is 99.3 cm³/mol. The number of pyridine rings is 1. The van der Waals surface area contributed by atoms with Crippen molar-refractivity contribution in [2.24, 2.45) is 0 Å². The SMILES string of the molecule is Cc1ccn2c(=O)cc(COc3ccc(Cl)c4c3C(=O)C[C@@H]4C)nc2c1. The molecule has 0 unspecified atom stereocenters. The summed E-state index contributed by atoms with van der Waals surface area (Å²) < 4.78 is 7.34. The summed E-state index contributed by atoms with van der Waals surface area (Å²) in [6.45, 7) is 4.03. The molecule has 26 heavy (non-hydrogen) atoms. The molecule has 1 atom stereocenters. The zero-order valence-electron chi connectivity index (χ0n) is 14.5. The van der Waals surface area contributed by atoms with Crippen LogP contribution < -0.4 is 10.3 Å². The van der Waals surface area contributed by atoms with E-state index in [9.17, 15) is 9.59 Å². The highest BCUT2D eigenvalue weighted by Crippen LogP contribution is 2.42. The molecular formula is C20H17ClN2O3. The largest absolute Gasteiger partial charge is 0.487 e. The average molecular weight is 369 g/mol. The first-order valence-corrected chi connectivity index (χ1v) is 8.79. The van der Waals surface area contributed by atoms with Crippen LogP contribution in [0.3, 0.4) is 0 Å². The van der Waals surface area contributed by atoms with Crippen LogP contribution in [0, 0.1) is 6.92 Å². The lowest BCUT2D eigenvalue weighted by atomic mass is 10.0. The van der Waals surface area contributed by atoms with Crippen molar-refractivity contribution in [1.82, 2.24) is 9.38 Å². The van der Waals surface area contributed by atoms with E-state index in [0.717, 1.165) is 11.1 Å². The molecule has 0 amide bonds. The van der Waals surface area contributed by atoms with Crippen molar-refractivity contribution >= 4 is 23.0 Å². The monoisotopic (exact) mass is 368 g/mol. The first-order chi connectivity index (χ1) is 12.4. The molecule has 0 fully saturated rings. The molecule has 3 aromatic rings. The van der Waals surface area contributed by atoms with Crippen LogP contribution >= 0.6 is 11.6 Å². The zero-order chi connectivity index (χ0) is 18.4. The van der Waals surface area contributed by atoms with Gasteiger partial charge in [-0.2, -0.15) is 0 Å².